The minimum Gasteiger partial charge on any atom is -0.378 e. The topological polar surface area (TPSA) is 104 Å². The molecule has 2 aliphatic rings. The molecule has 1 aromatic heterocycles. The van der Waals surface area contributed by atoms with E-state index >= 15 is 0 Å². The fourth-order valence-corrected chi connectivity index (χ4v) is 4.29. The van der Waals surface area contributed by atoms with Gasteiger partial charge < -0.3 is 14.5 Å². The van der Waals surface area contributed by atoms with Gasteiger partial charge in [0.15, 0.2) is 5.13 Å². The van der Waals surface area contributed by atoms with E-state index < -0.39 is 11.8 Å². The predicted molar refractivity (Wildman–Crippen MR) is 94.9 cm³/mol. The molecule has 11 heteroatoms. The Labute approximate surface area is 153 Å². The number of hydrogen-bond acceptors (Lipinski definition) is 8. The number of carbonyl (C=O) groups is 3. The molecule has 2 N–H and O–H groups in total. The van der Waals surface area contributed by atoms with Crippen LogP contribution in [-0.2, 0) is 9.53 Å². The van der Waals surface area contributed by atoms with Crippen molar-refractivity contribution in [3.05, 3.63) is 10.6 Å². The predicted octanol–water partition coefficient (Wildman–Crippen LogP) is 0.218. The van der Waals surface area contributed by atoms with Crippen LogP contribution in [0.1, 0.15) is 15.4 Å². The second kappa shape index (κ2) is 8.02. The van der Waals surface area contributed by atoms with Gasteiger partial charge in [0.2, 0.25) is 0 Å². The maximum Gasteiger partial charge on any atom is 0.282 e. The maximum absolute atomic E-state index is 12.3. The Balaban J connectivity index is 1.53. The Morgan fingerprint density at radius 1 is 1.24 bits per heavy atom. The Morgan fingerprint density at radius 2 is 2.00 bits per heavy atom. The molecule has 136 valence electrons. The molecule has 3 heterocycles. The second-order valence-corrected chi connectivity index (χ2v) is 7.57. The highest BCUT2D eigenvalue weighted by atomic mass is 32.2. The van der Waals surface area contributed by atoms with Crippen molar-refractivity contribution in [2.75, 3.05) is 50.0 Å². The van der Waals surface area contributed by atoms with Crippen LogP contribution in [0.3, 0.4) is 0 Å². The summed E-state index contributed by atoms with van der Waals surface area (Å²) in [5.41, 5.74) is 5.35. The van der Waals surface area contributed by atoms with Gasteiger partial charge in [0, 0.05) is 25.4 Å². The average molecular weight is 385 g/mol. The number of hydrazine groups is 1. The normalized spacial score (nSPS) is 17.7. The molecule has 0 unspecified atom stereocenters. The molecule has 0 spiro atoms. The number of aryl methyl sites for hydroxylation is 1. The number of anilines is 1. The molecule has 25 heavy (non-hydrogen) atoms. The molecule has 0 bridgehead atoms. The summed E-state index contributed by atoms with van der Waals surface area (Å²) in [4.78, 5) is 44.0. The summed E-state index contributed by atoms with van der Waals surface area (Å²) in [6.45, 7) is 5.01. The van der Waals surface area contributed by atoms with Crippen LogP contribution >= 0.6 is 23.1 Å². The first-order valence-electron chi connectivity index (χ1n) is 7.85. The van der Waals surface area contributed by atoms with Gasteiger partial charge in [-0.25, -0.2) is 4.98 Å². The van der Waals surface area contributed by atoms with Gasteiger partial charge in [-0.05, 0) is 6.92 Å². The van der Waals surface area contributed by atoms with Crippen molar-refractivity contribution < 1.29 is 19.1 Å². The summed E-state index contributed by atoms with van der Waals surface area (Å²) < 4.78 is 5.31. The van der Waals surface area contributed by atoms with Crippen molar-refractivity contribution in [2.45, 2.75) is 6.92 Å². The van der Waals surface area contributed by atoms with E-state index in [1.54, 1.807) is 6.92 Å². The molecule has 0 aromatic carbocycles. The molecule has 3 amide bonds. The minimum atomic E-state index is -0.431. The van der Waals surface area contributed by atoms with Gasteiger partial charge in [0.1, 0.15) is 11.4 Å². The lowest BCUT2D eigenvalue weighted by molar-refractivity contribution is -0.122. The van der Waals surface area contributed by atoms with Crippen LogP contribution in [0, 0.1) is 6.92 Å². The molecule has 2 fully saturated rings. The molecule has 0 atom stereocenters. The van der Waals surface area contributed by atoms with E-state index in [1.165, 1.54) is 28.0 Å². The lowest BCUT2D eigenvalue weighted by atomic mass is 10.4. The SMILES string of the molecule is Cc1nc(N2CCOCC2)sc1C(=O)NNC(=O)CN1CCSC1=O. The largest absolute Gasteiger partial charge is 0.378 e. The fourth-order valence-electron chi connectivity index (χ4n) is 2.45. The third-order valence-electron chi connectivity index (χ3n) is 3.77. The van der Waals surface area contributed by atoms with E-state index in [-0.39, 0.29) is 11.8 Å². The number of morpholine rings is 1. The van der Waals surface area contributed by atoms with E-state index in [0.29, 0.717) is 36.1 Å². The maximum atomic E-state index is 12.3. The third kappa shape index (κ3) is 4.41. The number of aromatic nitrogens is 1. The Hall–Kier alpha value is -1.85. The van der Waals surface area contributed by atoms with Crippen LogP contribution < -0.4 is 15.8 Å². The Morgan fingerprint density at radius 3 is 2.68 bits per heavy atom. The summed E-state index contributed by atoms with van der Waals surface area (Å²) in [5, 5.41) is 0.659. The molecule has 2 saturated heterocycles. The zero-order valence-electron chi connectivity index (χ0n) is 13.7. The molecule has 0 saturated carbocycles. The molecule has 2 aliphatic heterocycles. The van der Waals surface area contributed by atoms with E-state index in [0.717, 1.165) is 18.2 Å². The highest BCUT2D eigenvalue weighted by Crippen LogP contribution is 2.26. The minimum absolute atomic E-state index is 0.0627. The molecule has 9 nitrogen and oxygen atoms in total. The van der Waals surface area contributed by atoms with Gasteiger partial charge in [0.25, 0.3) is 17.1 Å². The molecular weight excluding hydrogens is 366 g/mol. The van der Waals surface area contributed by atoms with Crippen LogP contribution in [0.15, 0.2) is 0 Å². The van der Waals surface area contributed by atoms with Gasteiger partial charge in [-0.15, -0.1) is 0 Å². The van der Waals surface area contributed by atoms with Crippen LogP contribution in [-0.4, -0.2) is 72.1 Å². The fraction of sp³-hybridized carbons (Fsp3) is 0.571. The number of carbonyl (C=O) groups excluding carboxylic acids is 3. The first-order chi connectivity index (χ1) is 12.0. The van der Waals surface area contributed by atoms with Gasteiger partial charge in [-0.3, -0.25) is 25.2 Å². The lowest BCUT2D eigenvalue weighted by Gasteiger charge is -2.25. The van der Waals surface area contributed by atoms with Gasteiger partial charge >= 0.3 is 0 Å². The van der Waals surface area contributed by atoms with E-state index in [2.05, 4.69) is 20.7 Å². The zero-order chi connectivity index (χ0) is 17.8. The molecular formula is C14H19N5O4S2. The van der Waals surface area contributed by atoms with Crippen LogP contribution in [0.5, 0.6) is 0 Å². The summed E-state index contributed by atoms with van der Waals surface area (Å²) >= 11 is 2.47. The first kappa shape index (κ1) is 18.0. The van der Waals surface area contributed by atoms with Gasteiger partial charge in [-0.1, -0.05) is 23.1 Å². The lowest BCUT2D eigenvalue weighted by Crippen LogP contribution is -2.46. The summed E-state index contributed by atoms with van der Waals surface area (Å²) in [7, 11) is 0. The van der Waals surface area contributed by atoms with Crippen LogP contribution in [0.2, 0.25) is 0 Å². The third-order valence-corrected chi connectivity index (χ3v) is 5.88. The Bertz CT molecular complexity index is 674. The highest BCUT2D eigenvalue weighted by Gasteiger charge is 2.24. The summed E-state index contributed by atoms with van der Waals surface area (Å²) in [5.74, 6) is -0.159. The highest BCUT2D eigenvalue weighted by molar-refractivity contribution is 8.13. The Kier molecular flexibility index (Phi) is 5.76. The van der Waals surface area contributed by atoms with Crippen molar-refractivity contribution in [1.29, 1.82) is 0 Å². The smallest absolute Gasteiger partial charge is 0.282 e. The first-order valence-corrected chi connectivity index (χ1v) is 9.66. The second-order valence-electron chi connectivity index (χ2n) is 5.55. The molecule has 3 rings (SSSR count). The quantitative estimate of drug-likeness (QED) is 0.715. The summed E-state index contributed by atoms with van der Waals surface area (Å²) in [6.07, 6.45) is 0. The number of nitrogens with zero attached hydrogens (tertiary/aromatic N) is 3. The number of thioether (sulfide) groups is 1. The van der Waals surface area contributed by atoms with Crippen molar-refractivity contribution in [1.82, 2.24) is 20.7 Å². The van der Waals surface area contributed by atoms with Crippen molar-refractivity contribution in [3.8, 4) is 0 Å². The monoisotopic (exact) mass is 385 g/mol. The number of amides is 3. The van der Waals surface area contributed by atoms with Crippen molar-refractivity contribution in [3.63, 3.8) is 0 Å². The van der Waals surface area contributed by atoms with Gasteiger partial charge in [0.05, 0.1) is 18.9 Å². The van der Waals surface area contributed by atoms with E-state index in [1.807, 2.05) is 0 Å². The molecule has 0 aliphatic carbocycles. The van der Waals surface area contributed by atoms with Crippen LogP contribution in [0.4, 0.5) is 9.93 Å². The number of rotatable bonds is 4. The number of hydrogen-bond donors (Lipinski definition) is 2. The van der Waals surface area contributed by atoms with E-state index in [9.17, 15) is 14.4 Å². The zero-order valence-corrected chi connectivity index (χ0v) is 15.4. The van der Waals surface area contributed by atoms with Crippen molar-refractivity contribution >= 4 is 45.3 Å². The molecule has 0 radical (unpaired) electrons. The van der Waals surface area contributed by atoms with Gasteiger partial charge in [-0.2, -0.15) is 0 Å². The number of ether oxygens (including phenoxy) is 1. The molecule has 1 aromatic rings. The average Bonchev–Trinajstić information content (AvgIpc) is 3.19. The van der Waals surface area contributed by atoms with Crippen molar-refractivity contribution in [2.24, 2.45) is 0 Å². The number of thiazole rings is 1. The van der Waals surface area contributed by atoms with E-state index in [4.69, 9.17) is 4.74 Å². The summed E-state index contributed by atoms with van der Waals surface area (Å²) in [6, 6.07) is 0. The van der Waals surface area contributed by atoms with Crippen LogP contribution in [0.25, 0.3) is 0 Å². The standard InChI is InChI=1S/C14H19N5O4S2/c1-9-11(25-13(15-9)18-2-5-23-6-3-18)12(21)17-16-10(20)8-19-4-7-24-14(19)22/h2-8H2,1H3,(H,16,20)(H,17,21). The number of nitrogens with one attached hydrogen (secondary N) is 2.